The molecule has 4 nitrogen and oxygen atoms in total. The van der Waals surface area contributed by atoms with Crippen molar-refractivity contribution in [3.63, 3.8) is 0 Å². The topological polar surface area (TPSA) is 49.4 Å². The molecule has 1 fully saturated rings. The molecule has 2 aromatic rings. The summed E-state index contributed by atoms with van der Waals surface area (Å²) in [5.74, 6) is -1.76. The van der Waals surface area contributed by atoms with Gasteiger partial charge in [0, 0.05) is 5.56 Å². The fraction of sp³-hybridized carbons (Fsp3) is 0. The summed E-state index contributed by atoms with van der Waals surface area (Å²) in [4.78, 5) is 24.3. The molecule has 0 bridgehead atoms. The molecule has 1 saturated heterocycles. The maximum absolute atomic E-state index is 13.8. The van der Waals surface area contributed by atoms with Gasteiger partial charge in [-0.1, -0.05) is 35.9 Å². The SMILES string of the molecule is O=C1NN(c2ccccc2)C(=O)/C1=C\c1c(F)cccc1Cl. The van der Waals surface area contributed by atoms with E-state index in [9.17, 15) is 14.0 Å². The molecular formula is C16H10ClFN2O2. The number of para-hydroxylation sites is 1. The third-order valence-corrected chi connectivity index (χ3v) is 3.52. The summed E-state index contributed by atoms with van der Waals surface area (Å²) >= 11 is 5.92. The molecule has 22 heavy (non-hydrogen) atoms. The Morgan fingerprint density at radius 3 is 2.45 bits per heavy atom. The minimum Gasteiger partial charge on any atom is -0.267 e. The van der Waals surface area contributed by atoms with Crippen molar-refractivity contribution in [2.75, 3.05) is 5.01 Å². The predicted octanol–water partition coefficient (Wildman–Crippen LogP) is 2.94. The first-order valence-electron chi connectivity index (χ1n) is 6.44. The highest BCUT2D eigenvalue weighted by Crippen LogP contribution is 2.25. The Bertz CT molecular complexity index is 770. The molecule has 0 spiro atoms. The van der Waals surface area contributed by atoms with Crippen LogP contribution in [0.2, 0.25) is 5.02 Å². The van der Waals surface area contributed by atoms with Gasteiger partial charge in [-0.25, -0.2) is 9.40 Å². The molecule has 2 amide bonds. The molecule has 2 aromatic carbocycles. The Labute approximate surface area is 130 Å². The van der Waals surface area contributed by atoms with Crippen LogP contribution in [0.1, 0.15) is 5.56 Å². The second-order valence-electron chi connectivity index (χ2n) is 4.61. The number of amides is 2. The first-order valence-corrected chi connectivity index (χ1v) is 6.82. The monoisotopic (exact) mass is 316 g/mol. The fourth-order valence-corrected chi connectivity index (χ4v) is 2.33. The summed E-state index contributed by atoms with van der Waals surface area (Å²) in [5.41, 5.74) is 2.80. The summed E-state index contributed by atoms with van der Waals surface area (Å²) < 4.78 is 13.8. The van der Waals surface area contributed by atoms with E-state index in [1.54, 1.807) is 30.3 Å². The van der Waals surface area contributed by atoms with Gasteiger partial charge in [-0.05, 0) is 30.3 Å². The number of rotatable bonds is 2. The van der Waals surface area contributed by atoms with Crippen LogP contribution in [-0.2, 0) is 9.59 Å². The van der Waals surface area contributed by atoms with Crippen molar-refractivity contribution in [1.29, 1.82) is 0 Å². The van der Waals surface area contributed by atoms with Crippen LogP contribution in [0, 0.1) is 5.82 Å². The van der Waals surface area contributed by atoms with Gasteiger partial charge < -0.3 is 0 Å². The number of benzene rings is 2. The van der Waals surface area contributed by atoms with Crippen LogP contribution in [0.25, 0.3) is 6.08 Å². The lowest BCUT2D eigenvalue weighted by molar-refractivity contribution is -0.117. The Morgan fingerprint density at radius 2 is 1.77 bits per heavy atom. The Kier molecular flexibility index (Phi) is 3.65. The molecule has 0 aromatic heterocycles. The molecule has 0 atom stereocenters. The maximum atomic E-state index is 13.8. The third-order valence-electron chi connectivity index (χ3n) is 3.19. The van der Waals surface area contributed by atoms with E-state index in [0.717, 1.165) is 11.1 Å². The number of hydrogen-bond donors (Lipinski definition) is 1. The predicted molar refractivity (Wildman–Crippen MR) is 81.5 cm³/mol. The standard InChI is InChI=1S/C16H10ClFN2O2/c17-13-7-4-8-14(18)11(13)9-12-15(21)19-20(16(12)22)10-5-2-1-3-6-10/h1-9H,(H,19,21)/b12-9-. The van der Waals surface area contributed by atoms with Crippen molar-refractivity contribution in [3.8, 4) is 0 Å². The van der Waals surface area contributed by atoms with E-state index >= 15 is 0 Å². The average Bonchev–Trinajstić information content (AvgIpc) is 2.79. The van der Waals surface area contributed by atoms with Crippen molar-refractivity contribution < 1.29 is 14.0 Å². The molecule has 1 aliphatic heterocycles. The zero-order valence-corrected chi connectivity index (χ0v) is 12.0. The van der Waals surface area contributed by atoms with Gasteiger partial charge >= 0.3 is 0 Å². The van der Waals surface area contributed by atoms with Gasteiger partial charge in [0.1, 0.15) is 11.4 Å². The Hall–Kier alpha value is -2.66. The van der Waals surface area contributed by atoms with Crippen molar-refractivity contribution in [1.82, 2.24) is 5.43 Å². The number of anilines is 1. The van der Waals surface area contributed by atoms with Crippen molar-refractivity contribution in [2.24, 2.45) is 0 Å². The lowest BCUT2D eigenvalue weighted by Gasteiger charge is -2.13. The highest BCUT2D eigenvalue weighted by molar-refractivity contribution is 6.34. The summed E-state index contributed by atoms with van der Waals surface area (Å²) in [5, 5.41) is 1.24. The van der Waals surface area contributed by atoms with Crippen molar-refractivity contribution >= 4 is 35.2 Å². The minimum absolute atomic E-state index is 0.0116. The molecule has 6 heteroatoms. The smallest absolute Gasteiger partial charge is 0.267 e. The molecule has 0 aliphatic carbocycles. The van der Waals surface area contributed by atoms with Crippen LogP contribution in [0.3, 0.4) is 0 Å². The quantitative estimate of drug-likeness (QED) is 0.684. The van der Waals surface area contributed by atoms with Gasteiger partial charge in [-0.3, -0.25) is 15.0 Å². The number of hydrazine groups is 1. The van der Waals surface area contributed by atoms with Crippen LogP contribution in [0.5, 0.6) is 0 Å². The zero-order chi connectivity index (χ0) is 15.7. The van der Waals surface area contributed by atoms with Crippen LogP contribution in [-0.4, -0.2) is 11.8 Å². The summed E-state index contributed by atoms with van der Waals surface area (Å²) in [6.45, 7) is 0. The second kappa shape index (κ2) is 5.61. The number of nitrogens with zero attached hydrogens (tertiary/aromatic N) is 1. The maximum Gasteiger partial charge on any atom is 0.282 e. The largest absolute Gasteiger partial charge is 0.282 e. The van der Waals surface area contributed by atoms with Crippen LogP contribution < -0.4 is 10.4 Å². The van der Waals surface area contributed by atoms with E-state index < -0.39 is 17.6 Å². The number of hydrogen-bond acceptors (Lipinski definition) is 2. The zero-order valence-electron chi connectivity index (χ0n) is 11.2. The number of carbonyl (C=O) groups excluding carboxylic acids is 2. The van der Waals surface area contributed by atoms with Gasteiger partial charge in [0.2, 0.25) is 0 Å². The molecule has 1 N–H and O–H groups in total. The number of halogens is 2. The fourth-order valence-electron chi connectivity index (χ4n) is 2.11. The molecule has 3 rings (SSSR count). The Balaban J connectivity index is 2.01. The molecule has 0 saturated carbocycles. The summed E-state index contributed by atoms with van der Waals surface area (Å²) in [7, 11) is 0. The lowest BCUT2D eigenvalue weighted by atomic mass is 10.1. The normalized spacial score (nSPS) is 16.3. The van der Waals surface area contributed by atoms with Gasteiger partial charge in [0.15, 0.2) is 0 Å². The molecule has 0 unspecified atom stereocenters. The second-order valence-corrected chi connectivity index (χ2v) is 5.02. The van der Waals surface area contributed by atoms with E-state index in [0.29, 0.717) is 5.69 Å². The Morgan fingerprint density at radius 1 is 1.05 bits per heavy atom. The van der Waals surface area contributed by atoms with E-state index in [1.165, 1.54) is 18.2 Å². The molecule has 1 heterocycles. The highest BCUT2D eigenvalue weighted by Gasteiger charge is 2.34. The summed E-state index contributed by atoms with van der Waals surface area (Å²) in [6, 6.07) is 12.8. The van der Waals surface area contributed by atoms with Gasteiger partial charge in [0.05, 0.1) is 10.7 Å². The van der Waals surface area contributed by atoms with Gasteiger partial charge in [0.25, 0.3) is 11.8 Å². The first kappa shape index (κ1) is 14.3. The average molecular weight is 317 g/mol. The van der Waals surface area contributed by atoms with E-state index in [1.807, 2.05) is 0 Å². The molecular weight excluding hydrogens is 307 g/mol. The molecule has 110 valence electrons. The van der Waals surface area contributed by atoms with Gasteiger partial charge in [-0.15, -0.1) is 0 Å². The van der Waals surface area contributed by atoms with Crippen LogP contribution in [0.15, 0.2) is 54.1 Å². The first-order chi connectivity index (χ1) is 10.6. The van der Waals surface area contributed by atoms with Crippen LogP contribution in [0.4, 0.5) is 10.1 Å². The molecule has 0 radical (unpaired) electrons. The van der Waals surface area contributed by atoms with Crippen LogP contribution >= 0.6 is 11.6 Å². The molecule has 1 aliphatic rings. The van der Waals surface area contributed by atoms with Gasteiger partial charge in [-0.2, -0.15) is 0 Å². The van der Waals surface area contributed by atoms with E-state index in [-0.39, 0.29) is 16.2 Å². The van der Waals surface area contributed by atoms with Crippen molar-refractivity contribution in [2.45, 2.75) is 0 Å². The number of carbonyl (C=O) groups is 2. The summed E-state index contributed by atoms with van der Waals surface area (Å²) in [6.07, 6.45) is 1.16. The van der Waals surface area contributed by atoms with E-state index in [4.69, 9.17) is 11.6 Å². The minimum atomic E-state index is -0.604. The van der Waals surface area contributed by atoms with Crippen molar-refractivity contribution in [3.05, 3.63) is 70.5 Å². The van der Waals surface area contributed by atoms with E-state index in [2.05, 4.69) is 5.43 Å². The number of nitrogens with one attached hydrogen (secondary N) is 1. The highest BCUT2D eigenvalue weighted by atomic mass is 35.5. The third kappa shape index (κ3) is 2.46. The lowest BCUT2D eigenvalue weighted by Crippen LogP contribution is -2.35.